The second kappa shape index (κ2) is 5.11. The highest BCUT2D eigenvalue weighted by molar-refractivity contribution is 5.93. The molecule has 0 saturated heterocycles. The number of rotatable bonds is 2. The van der Waals surface area contributed by atoms with Crippen molar-refractivity contribution in [1.29, 1.82) is 10.5 Å². The maximum Gasteiger partial charge on any atom is 0.321 e. The molecule has 0 unspecified atom stereocenters. The van der Waals surface area contributed by atoms with E-state index >= 15 is 0 Å². The van der Waals surface area contributed by atoms with E-state index in [4.69, 9.17) is 10.5 Å². The summed E-state index contributed by atoms with van der Waals surface area (Å²) < 4.78 is 0. The van der Waals surface area contributed by atoms with E-state index in [9.17, 15) is 4.79 Å². The van der Waals surface area contributed by atoms with Gasteiger partial charge in [-0.2, -0.15) is 10.5 Å². The number of urea groups is 1. The Morgan fingerprint density at radius 2 is 2.21 bits per heavy atom. The van der Waals surface area contributed by atoms with E-state index < -0.39 is 0 Å². The predicted octanol–water partition coefficient (Wildman–Crippen LogP) is 2.01. The molecule has 0 saturated carbocycles. The van der Waals surface area contributed by atoms with E-state index in [0.717, 1.165) is 16.9 Å². The molecule has 1 aliphatic rings. The topological polar surface area (TPSA) is 91.9 Å². The van der Waals surface area contributed by atoms with Gasteiger partial charge >= 0.3 is 6.03 Å². The predicted molar refractivity (Wildman–Crippen MR) is 69.9 cm³/mol. The van der Waals surface area contributed by atoms with Crippen molar-refractivity contribution < 1.29 is 4.79 Å². The molecule has 19 heavy (non-hydrogen) atoms. The van der Waals surface area contributed by atoms with Crippen molar-refractivity contribution in [2.75, 3.05) is 17.7 Å². The number of nitriles is 2. The first-order chi connectivity index (χ1) is 9.15. The number of nitrogens with zero attached hydrogens (tertiary/aromatic N) is 3. The van der Waals surface area contributed by atoms with Crippen LogP contribution in [-0.4, -0.2) is 18.0 Å². The zero-order valence-electron chi connectivity index (χ0n) is 10.3. The van der Waals surface area contributed by atoms with Gasteiger partial charge in [0.1, 0.15) is 17.7 Å². The SMILES string of the molecule is CN1Cc2c(NC=C(C#N)C#N)cccc2NC1=O. The molecule has 0 aromatic heterocycles. The van der Waals surface area contributed by atoms with Gasteiger partial charge in [-0.3, -0.25) is 0 Å². The number of hydrogen-bond acceptors (Lipinski definition) is 4. The van der Waals surface area contributed by atoms with Crippen LogP contribution in [0, 0.1) is 22.7 Å². The highest BCUT2D eigenvalue weighted by atomic mass is 16.2. The molecule has 1 aliphatic heterocycles. The summed E-state index contributed by atoms with van der Waals surface area (Å²) in [5.41, 5.74) is 2.39. The number of fused-ring (bicyclic) bond motifs is 1. The van der Waals surface area contributed by atoms with Gasteiger partial charge in [0.25, 0.3) is 0 Å². The quantitative estimate of drug-likeness (QED) is 0.788. The summed E-state index contributed by atoms with van der Waals surface area (Å²) in [6.07, 6.45) is 1.35. The third kappa shape index (κ3) is 2.48. The molecule has 0 atom stereocenters. The second-order valence-electron chi connectivity index (χ2n) is 4.04. The van der Waals surface area contributed by atoms with E-state index in [1.54, 1.807) is 30.2 Å². The van der Waals surface area contributed by atoms with Crippen molar-refractivity contribution in [3.05, 3.63) is 35.5 Å². The number of allylic oxidation sites excluding steroid dienone is 1. The van der Waals surface area contributed by atoms with Gasteiger partial charge in [0.2, 0.25) is 0 Å². The fourth-order valence-corrected chi connectivity index (χ4v) is 1.77. The zero-order chi connectivity index (χ0) is 13.8. The summed E-state index contributed by atoms with van der Waals surface area (Å²) in [6.45, 7) is 0.465. The van der Waals surface area contributed by atoms with Crippen LogP contribution in [0.25, 0.3) is 0 Å². The molecule has 2 amide bonds. The van der Waals surface area contributed by atoms with Crippen LogP contribution in [0.15, 0.2) is 30.0 Å². The van der Waals surface area contributed by atoms with Crippen LogP contribution in [-0.2, 0) is 6.54 Å². The van der Waals surface area contributed by atoms with Crippen LogP contribution in [0.1, 0.15) is 5.56 Å². The fraction of sp³-hybridized carbons (Fsp3) is 0.154. The number of benzene rings is 1. The van der Waals surface area contributed by atoms with Gasteiger partial charge in [-0.1, -0.05) is 6.07 Å². The van der Waals surface area contributed by atoms with Crippen LogP contribution in [0.5, 0.6) is 0 Å². The van der Waals surface area contributed by atoms with Crippen molar-refractivity contribution in [2.24, 2.45) is 0 Å². The molecular weight excluding hydrogens is 242 g/mol. The molecular formula is C13H11N5O. The van der Waals surface area contributed by atoms with Gasteiger partial charge in [0, 0.05) is 30.2 Å². The van der Waals surface area contributed by atoms with Crippen molar-refractivity contribution in [3.63, 3.8) is 0 Å². The van der Waals surface area contributed by atoms with Crippen LogP contribution >= 0.6 is 0 Å². The lowest BCUT2D eigenvalue weighted by Gasteiger charge is -2.27. The van der Waals surface area contributed by atoms with Gasteiger partial charge < -0.3 is 15.5 Å². The third-order valence-electron chi connectivity index (χ3n) is 2.77. The Labute approximate surface area is 110 Å². The second-order valence-corrected chi connectivity index (χ2v) is 4.04. The maximum absolute atomic E-state index is 11.5. The van der Waals surface area contributed by atoms with Crippen molar-refractivity contribution in [1.82, 2.24) is 4.90 Å². The van der Waals surface area contributed by atoms with E-state index in [-0.39, 0.29) is 11.6 Å². The van der Waals surface area contributed by atoms with Gasteiger partial charge in [-0.25, -0.2) is 4.79 Å². The van der Waals surface area contributed by atoms with Crippen molar-refractivity contribution >= 4 is 17.4 Å². The number of nitrogens with one attached hydrogen (secondary N) is 2. The molecule has 0 fully saturated rings. The minimum Gasteiger partial charge on any atom is -0.359 e. The summed E-state index contributed by atoms with van der Waals surface area (Å²) in [4.78, 5) is 13.1. The summed E-state index contributed by atoms with van der Waals surface area (Å²) in [6, 6.07) is 8.82. The van der Waals surface area contributed by atoms with Gasteiger partial charge in [-0.15, -0.1) is 0 Å². The van der Waals surface area contributed by atoms with E-state index in [1.165, 1.54) is 6.20 Å². The molecule has 1 aromatic carbocycles. The van der Waals surface area contributed by atoms with Crippen molar-refractivity contribution in [2.45, 2.75) is 6.54 Å². The molecule has 0 aliphatic carbocycles. The molecule has 94 valence electrons. The Morgan fingerprint density at radius 3 is 2.89 bits per heavy atom. The summed E-state index contributed by atoms with van der Waals surface area (Å²) in [5, 5.41) is 23.0. The number of carbonyl (C=O) groups is 1. The van der Waals surface area contributed by atoms with Crippen LogP contribution in [0.4, 0.5) is 16.2 Å². The standard InChI is InChI=1S/C13H11N5O/c1-18-8-10-11(16-7-9(5-14)6-15)3-2-4-12(10)17-13(18)19/h2-4,7,16H,8H2,1H3,(H,17,19). The molecule has 1 heterocycles. The molecule has 6 heteroatoms. The number of hydrogen-bond donors (Lipinski definition) is 2. The highest BCUT2D eigenvalue weighted by Crippen LogP contribution is 2.29. The molecule has 1 aromatic rings. The summed E-state index contributed by atoms with van der Waals surface area (Å²) in [5.74, 6) is 0. The molecule has 2 N–H and O–H groups in total. The Bertz CT molecular complexity index is 619. The average molecular weight is 253 g/mol. The minimum absolute atomic E-state index is 0.00852. The first-order valence-corrected chi connectivity index (χ1v) is 5.56. The highest BCUT2D eigenvalue weighted by Gasteiger charge is 2.21. The lowest BCUT2D eigenvalue weighted by atomic mass is 10.1. The van der Waals surface area contributed by atoms with Gasteiger partial charge in [0.15, 0.2) is 0 Å². The number of amides is 2. The van der Waals surface area contributed by atoms with Crippen molar-refractivity contribution in [3.8, 4) is 12.1 Å². The first-order valence-electron chi connectivity index (χ1n) is 5.56. The lowest BCUT2D eigenvalue weighted by molar-refractivity contribution is 0.218. The Kier molecular flexibility index (Phi) is 3.35. The number of anilines is 2. The van der Waals surface area contributed by atoms with E-state index in [0.29, 0.717) is 6.54 Å². The Hall–Kier alpha value is -2.99. The average Bonchev–Trinajstić information content (AvgIpc) is 2.41. The summed E-state index contributed by atoms with van der Waals surface area (Å²) >= 11 is 0. The van der Waals surface area contributed by atoms with Crippen LogP contribution in [0.3, 0.4) is 0 Å². The fourth-order valence-electron chi connectivity index (χ4n) is 1.77. The maximum atomic E-state index is 11.5. The van der Waals surface area contributed by atoms with Crippen LogP contribution in [0.2, 0.25) is 0 Å². The van der Waals surface area contributed by atoms with Gasteiger partial charge in [-0.05, 0) is 12.1 Å². The molecule has 2 rings (SSSR count). The smallest absolute Gasteiger partial charge is 0.321 e. The third-order valence-corrected chi connectivity index (χ3v) is 2.77. The Balaban J connectivity index is 2.32. The van der Waals surface area contributed by atoms with Gasteiger partial charge in [0.05, 0.1) is 6.54 Å². The lowest BCUT2D eigenvalue weighted by Crippen LogP contribution is -2.35. The molecule has 0 bridgehead atoms. The number of carbonyl (C=O) groups excluding carboxylic acids is 1. The largest absolute Gasteiger partial charge is 0.359 e. The summed E-state index contributed by atoms with van der Waals surface area (Å²) in [7, 11) is 1.70. The molecule has 0 spiro atoms. The molecule has 6 nitrogen and oxygen atoms in total. The monoisotopic (exact) mass is 253 g/mol. The zero-order valence-corrected chi connectivity index (χ0v) is 10.3. The normalized spacial score (nSPS) is 12.6. The van der Waals surface area contributed by atoms with Crippen LogP contribution < -0.4 is 10.6 Å². The minimum atomic E-state index is -0.157. The Morgan fingerprint density at radius 1 is 1.47 bits per heavy atom. The molecule has 0 radical (unpaired) electrons. The van der Waals surface area contributed by atoms with E-state index in [1.807, 2.05) is 12.1 Å². The van der Waals surface area contributed by atoms with E-state index in [2.05, 4.69) is 10.6 Å². The first kappa shape index (κ1) is 12.5.